The van der Waals surface area contributed by atoms with Crippen molar-refractivity contribution in [3.05, 3.63) is 72.0 Å². The van der Waals surface area contributed by atoms with Crippen LogP contribution in [0.3, 0.4) is 0 Å². The van der Waals surface area contributed by atoms with E-state index in [4.69, 9.17) is 4.42 Å². The van der Waals surface area contributed by atoms with Crippen molar-refractivity contribution in [1.82, 2.24) is 24.9 Å². The highest BCUT2D eigenvalue weighted by atomic mass is 16.4. The van der Waals surface area contributed by atoms with E-state index in [0.29, 0.717) is 23.2 Å². The molecule has 1 N–H and O–H groups in total. The Labute approximate surface area is 156 Å². The summed E-state index contributed by atoms with van der Waals surface area (Å²) in [4.78, 5) is 17.0. The Bertz CT molecular complexity index is 1080. The Morgan fingerprint density at radius 3 is 2.74 bits per heavy atom. The van der Waals surface area contributed by atoms with Gasteiger partial charge in [0.05, 0.1) is 18.2 Å². The minimum Gasteiger partial charge on any atom is -0.441 e. The molecule has 1 aromatic carbocycles. The maximum Gasteiger partial charge on any atom is 0.226 e. The van der Waals surface area contributed by atoms with E-state index in [1.165, 1.54) is 0 Å². The highest BCUT2D eigenvalue weighted by Crippen LogP contribution is 2.22. The highest BCUT2D eigenvalue weighted by Gasteiger charge is 2.19. The number of aryl methyl sites for hydroxylation is 1. The van der Waals surface area contributed by atoms with Gasteiger partial charge in [-0.25, -0.2) is 4.98 Å². The van der Waals surface area contributed by atoms with Crippen LogP contribution in [0.25, 0.3) is 17.1 Å². The summed E-state index contributed by atoms with van der Waals surface area (Å²) in [5.74, 6) is 1.70. The van der Waals surface area contributed by atoms with Gasteiger partial charge in [-0.15, -0.1) is 10.2 Å². The molecule has 0 saturated heterocycles. The van der Waals surface area contributed by atoms with E-state index in [1.54, 1.807) is 0 Å². The lowest BCUT2D eigenvalue weighted by Gasteiger charge is -2.11. The number of benzene rings is 1. The van der Waals surface area contributed by atoms with Gasteiger partial charge in [-0.1, -0.05) is 24.3 Å². The smallest absolute Gasteiger partial charge is 0.226 e. The zero-order chi connectivity index (χ0) is 18.8. The standard InChI is InChI=1S/C20H19N5O2/c1-13(19-24-23-17-10-6-7-11-25(17)19)21-18(26)12-16-14(2)27-20(22-16)15-8-4-3-5-9-15/h3-11,13H,12H2,1-2H3,(H,21,26). The highest BCUT2D eigenvalue weighted by molar-refractivity contribution is 5.78. The molecule has 0 aliphatic carbocycles. The van der Waals surface area contributed by atoms with Gasteiger partial charge in [-0.2, -0.15) is 0 Å². The van der Waals surface area contributed by atoms with E-state index in [2.05, 4.69) is 20.5 Å². The van der Waals surface area contributed by atoms with Crippen LogP contribution in [0.2, 0.25) is 0 Å². The molecule has 0 radical (unpaired) electrons. The van der Waals surface area contributed by atoms with E-state index in [9.17, 15) is 4.79 Å². The summed E-state index contributed by atoms with van der Waals surface area (Å²) in [6, 6.07) is 15.0. The van der Waals surface area contributed by atoms with Crippen molar-refractivity contribution >= 4 is 11.6 Å². The van der Waals surface area contributed by atoms with Crippen LogP contribution in [0, 0.1) is 6.92 Å². The molecule has 0 aliphatic heterocycles. The van der Waals surface area contributed by atoms with Gasteiger partial charge in [0.25, 0.3) is 0 Å². The Morgan fingerprint density at radius 2 is 1.93 bits per heavy atom. The molecule has 0 spiro atoms. The molecule has 0 aliphatic rings. The molecule has 7 nitrogen and oxygen atoms in total. The van der Waals surface area contributed by atoms with Crippen molar-refractivity contribution in [3.63, 3.8) is 0 Å². The summed E-state index contributed by atoms with van der Waals surface area (Å²) >= 11 is 0. The number of pyridine rings is 1. The van der Waals surface area contributed by atoms with Crippen LogP contribution in [-0.2, 0) is 11.2 Å². The lowest BCUT2D eigenvalue weighted by atomic mass is 10.2. The first kappa shape index (κ1) is 17.0. The van der Waals surface area contributed by atoms with Crippen LogP contribution in [-0.4, -0.2) is 25.5 Å². The fraction of sp³-hybridized carbons (Fsp3) is 0.200. The van der Waals surface area contributed by atoms with Crippen LogP contribution >= 0.6 is 0 Å². The number of oxazole rings is 1. The van der Waals surface area contributed by atoms with E-state index in [-0.39, 0.29) is 18.4 Å². The predicted molar refractivity (Wildman–Crippen MR) is 99.9 cm³/mol. The fourth-order valence-corrected chi connectivity index (χ4v) is 2.96. The zero-order valence-corrected chi connectivity index (χ0v) is 15.1. The molecule has 3 heterocycles. The van der Waals surface area contributed by atoms with Gasteiger partial charge in [-0.05, 0) is 38.1 Å². The lowest BCUT2D eigenvalue weighted by molar-refractivity contribution is -0.121. The van der Waals surface area contributed by atoms with Gasteiger partial charge in [0.15, 0.2) is 11.5 Å². The third kappa shape index (κ3) is 3.44. The first-order valence-corrected chi connectivity index (χ1v) is 8.72. The average molecular weight is 361 g/mol. The zero-order valence-electron chi connectivity index (χ0n) is 15.1. The van der Waals surface area contributed by atoms with Gasteiger partial charge in [0, 0.05) is 11.8 Å². The lowest BCUT2D eigenvalue weighted by Crippen LogP contribution is -2.29. The van der Waals surface area contributed by atoms with Gasteiger partial charge in [-0.3, -0.25) is 9.20 Å². The molecule has 27 heavy (non-hydrogen) atoms. The minimum absolute atomic E-state index is 0.142. The second-order valence-electron chi connectivity index (χ2n) is 6.34. The molecule has 0 bridgehead atoms. The number of nitrogens with zero attached hydrogens (tertiary/aromatic N) is 4. The summed E-state index contributed by atoms with van der Waals surface area (Å²) in [5, 5.41) is 11.3. The third-order valence-corrected chi connectivity index (χ3v) is 4.35. The summed E-state index contributed by atoms with van der Waals surface area (Å²) in [5.41, 5.74) is 2.26. The maximum atomic E-state index is 12.5. The number of hydrogen-bond acceptors (Lipinski definition) is 5. The van der Waals surface area contributed by atoms with Crippen LogP contribution in [0.5, 0.6) is 0 Å². The van der Waals surface area contributed by atoms with Crippen molar-refractivity contribution in [1.29, 1.82) is 0 Å². The maximum absolute atomic E-state index is 12.5. The number of hydrogen-bond donors (Lipinski definition) is 1. The number of carbonyl (C=O) groups excluding carboxylic acids is 1. The molecule has 4 rings (SSSR count). The number of nitrogens with one attached hydrogen (secondary N) is 1. The van der Waals surface area contributed by atoms with Gasteiger partial charge >= 0.3 is 0 Å². The van der Waals surface area contributed by atoms with Crippen LogP contribution in [0.4, 0.5) is 0 Å². The SMILES string of the molecule is Cc1oc(-c2ccccc2)nc1CC(=O)NC(C)c1nnc2ccccn12. The van der Waals surface area contributed by atoms with Crippen LogP contribution < -0.4 is 5.32 Å². The van der Waals surface area contributed by atoms with Crippen molar-refractivity contribution < 1.29 is 9.21 Å². The number of rotatable bonds is 5. The molecule has 1 atom stereocenters. The van der Waals surface area contributed by atoms with E-state index in [1.807, 2.05) is 73.0 Å². The van der Waals surface area contributed by atoms with Gasteiger partial charge in [0.2, 0.25) is 11.8 Å². The quantitative estimate of drug-likeness (QED) is 0.590. The number of amides is 1. The topological polar surface area (TPSA) is 85.3 Å². The first-order valence-electron chi connectivity index (χ1n) is 8.72. The molecule has 0 saturated carbocycles. The first-order chi connectivity index (χ1) is 13.1. The van der Waals surface area contributed by atoms with Gasteiger partial charge < -0.3 is 9.73 Å². The molecular weight excluding hydrogens is 342 g/mol. The molecule has 136 valence electrons. The summed E-state index contributed by atoms with van der Waals surface area (Å²) in [7, 11) is 0. The Balaban J connectivity index is 1.47. The minimum atomic E-state index is -0.282. The van der Waals surface area contributed by atoms with Crippen LogP contribution in [0.15, 0.2) is 59.1 Å². The van der Waals surface area contributed by atoms with E-state index < -0.39 is 0 Å². The molecular formula is C20H19N5O2. The molecule has 1 unspecified atom stereocenters. The van der Waals surface area contributed by atoms with Crippen molar-refractivity contribution in [2.24, 2.45) is 0 Å². The van der Waals surface area contributed by atoms with Crippen LogP contribution in [0.1, 0.15) is 30.2 Å². The molecule has 7 heteroatoms. The Hall–Kier alpha value is -3.48. The van der Waals surface area contributed by atoms with Crippen molar-refractivity contribution in [2.45, 2.75) is 26.3 Å². The van der Waals surface area contributed by atoms with Crippen molar-refractivity contribution in [2.75, 3.05) is 0 Å². The third-order valence-electron chi connectivity index (χ3n) is 4.35. The van der Waals surface area contributed by atoms with Gasteiger partial charge in [0.1, 0.15) is 5.76 Å². The second kappa shape index (κ2) is 7.03. The Morgan fingerprint density at radius 1 is 1.15 bits per heavy atom. The number of aromatic nitrogens is 4. The predicted octanol–water partition coefficient (Wildman–Crippen LogP) is 3.11. The largest absolute Gasteiger partial charge is 0.441 e. The van der Waals surface area contributed by atoms with Crippen molar-refractivity contribution in [3.8, 4) is 11.5 Å². The van der Waals surface area contributed by atoms with E-state index >= 15 is 0 Å². The fourth-order valence-electron chi connectivity index (χ4n) is 2.96. The monoisotopic (exact) mass is 361 g/mol. The molecule has 4 aromatic rings. The summed E-state index contributed by atoms with van der Waals surface area (Å²) in [6.07, 6.45) is 2.02. The average Bonchev–Trinajstić information content (AvgIpc) is 3.26. The van der Waals surface area contributed by atoms with E-state index in [0.717, 1.165) is 11.2 Å². The molecule has 0 fully saturated rings. The molecule has 1 amide bonds. The number of carbonyl (C=O) groups is 1. The molecule has 3 aromatic heterocycles. The normalized spacial score (nSPS) is 12.2. The number of fused-ring (bicyclic) bond motifs is 1. The second-order valence-corrected chi connectivity index (χ2v) is 6.34. The summed E-state index contributed by atoms with van der Waals surface area (Å²) in [6.45, 7) is 3.70. The summed E-state index contributed by atoms with van der Waals surface area (Å²) < 4.78 is 7.58. The Kier molecular flexibility index (Phi) is 4.42.